The number of hydrogen-bond acceptors (Lipinski definition) is 25. The third kappa shape index (κ3) is 49.6. The number of hydrogen-bond donors (Lipinski definition) is 13. The first kappa shape index (κ1) is 83.5. The predicted molar refractivity (Wildman–Crippen MR) is 290 cm³/mol. The first-order valence-corrected chi connectivity index (χ1v) is 27.6. The van der Waals surface area contributed by atoms with Crippen molar-refractivity contribution in [1.82, 2.24) is 0 Å². The summed E-state index contributed by atoms with van der Waals surface area (Å²) in [5.74, 6) is 0.187. The van der Waals surface area contributed by atoms with E-state index in [0.29, 0.717) is 46.2 Å². The average molecular weight is 1150 g/mol. The fourth-order valence-electron chi connectivity index (χ4n) is 6.34. The van der Waals surface area contributed by atoms with Crippen molar-refractivity contribution in [2.75, 3.05) is 205 Å². The molecule has 0 heterocycles. The van der Waals surface area contributed by atoms with Crippen LogP contribution in [0.5, 0.6) is 0 Å². The Morgan fingerprint density at radius 1 is 0.308 bits per heavy atom. The van der Waals surface area contributed by atoms with Crippen LogP contribution >= 0.6 is 0 Å². The van der Waals surface area contributed by atoms with Gasteiger partial charge in [0, 0.05) is 10.8 Å². The van der Waals surface area contributed by atoms with Crippen LogP contribution in [0.2, 0.25) is 0 Å². The third-order valence-corrected chi connectivity index (χ3v) is 12.0. The summed E-state index contributed by atoms with van der Waals surface area (Å²) in [4.78, 5) is 0. The van der Waals surface area contributed by atoms with Crippen molar-refractivity contribution in [3.8, 4) is 0 Å². The number of ether oxygens (including phenoxy) is 12. The molecule has 25 nitrogen and oxygen atoms in total. The third-order valence-electron chi connectivity index (χ3n) is 12.0. The molecule has 0 saturated carbocycles. The van der Waals surface area contributed by atoms with E-state index >= 15 is 0 Å². The zero-order chi connectivity index (χ0) is 59.8. The number of aliphatic hydroxyl groups is 13. The lowest BCUT2D eigenvalue weighted by atomic mass is 9.88. The van der Waals surface area contributed by atoms with Crippen molar-refractivity contribution in [3.05, 3.63) is 0 Å². The molecule has 78 heavy (non-hydrogen) atoms. The van der Waals surface area contributed by atoms with Gasteiger partial charge in [0.15, 0.2) is 0 Å². The van der Waals surface area contributed by atoms with Gasteiger partial charge in [-0.3, -0.25) is 0 Å². The SMILES string of the molecule is CC(O)C(C)CCC(COC(C)C(C)O)OC(C)C(C)O.CCC(COCCO)(COCCO)COCCO.CCC(COCCO)(COCCO)COCCO.OCCOCC(COCCO)(COCCO)COCCO. The maximum atomic E-state index is 9.56. The van der Waals surface area contributed by atoms with Crippen LogP contribution in [0.25, 0.3) is 0 Å². The molecule has 13 N–H and O–H groups in total. The fourth-order valence-corrected chi connectivity index (χ4v) is 6.34. The van der Waals surface area contributed by atoms with Crippen molar-refractivity contribution in [2.24, 2.45) is 22.2 Å². The maximum absolute atomic E-state index is 9.56. The summed E-state index contributed by atoms with van der Waals surface area (Å²) in [7, 11) is 0. The molecule has 0 aliphatic rings. The molecule has 0 rings (SSSR count). The van der Waals surface area contributed by atoms with Crippen molar-refractivity contribution >= 4 is 0 Å². The lowest BCUT2D eigenvalue weighted by molar-refractivity contribution is -0.115. The van der Waals surface area contributed by atoms with Crippen molar-refractivity contribution in [3.63, 3.8) is 0 Å². The average Bonchev–Trinajstić information content (AvgIpc) is 3.42. The van der Waals surface area contributed by atoms with E-state index in [1.165, 1.54) is 0 Å². The summed E-state index contributed by atoms with van der Waals surface area (Å²) in [6.07, 6.45) is 1.03. The monoisotopic (exact) mass is 1150 g/mol. The van der Waals surface area contributed by atoms with E-state index in [-0.39, 0.29) is 200 Å². The van der Waals surface area contributed by atoms with Crippen LogP contribution in [0, 0.1) is 22.2 Å². The van der Waals surface area contributed by atoms with Crippen LogP contribution in [-0.2, 0) is 56.8 Å². The van der Waals surface area contributed by atoms with Crippen LogP contribution in [0.1, 0.15) is 81.1 Å². The Hall–Kier alpha value is -1.00. The Morgan fingerprint density at radius 2 is 0.538 bits per heavy atom. The quantitative estimate of drug-likeness (QED) is 0.0310. The van der Waals surface area contributed by atoms with E-state index < -0.39 is 17.6 Å². The summed E-state index contributed by atoms with van der Waals surface area (Å²) in [5, 5.41) is 116. The summed E-state index contributed by atoms with van der Waals surface area (Å²) in [6.45, 7) is 20.5. The predicted octanol–water partition coefficient (Wildman–Crippen LogP) is -1.45. The van der Waals surface area contributed by atoms with Crippen LogP contribution in [0.3, 0.4) is 0 Å². The van der Waals surface area contributed by atoms with Crippen molar-refractivity contribution in [2.45, 2.75) is 118 Å². The minimum absolute atomic E-state index is 0.0191. The Balaban J connectivity index is -0.000000469. The van der Waals surface area contributed by atoms with E-state index in [1.807, 2.05) is 34.6 Å². The first-order chi connectivity index (χ1) is 37.4. The highest BCUT2D eigenvalue weighted by atomic mass is 16.6. The second-order valence-corrected chi connectivity index (χ2v) is 19.2. The van der Waals surface area contributed by atoms with Crippen LogP contribution in [0.15, 0.2) is 0 Å². The maximum Gasteiger partial charge on any atom is 0.0813 e. The van der Waals surface area contributed by atoms with Gasteiger partial charge in [0.25, 0.3) is 0 Å². The molecular formula is C53H114O25. The van der Waals surface area contributed by atoms with Gasteiger partial charge < -0.3 is 123 Å². The minimum Gasteiger partial charge on any atom is -0.394 e. The molecule has 0 amide bonds. The Kier molecular flexibility index (Phi) is 63.3. The molecular weight excluding hydrogens is 1040 g/mol. The van der Waals surface area contributed by atoms with E-state index in [1.54, 1.807) is 20.8 Å². The molecule has 0 aliphatic carbocycles. The Morgan fingerprint density at radius 3 is 0.731 bits per heavy atom. The number of aliphatic hydroxyl groups excluding tert-OH is 13. The molecule has 0 aromatic heterocycles. The molecule has 7 atom stereocenters. The molecule has 0 saturated heterocycles. The lowest BCUT2D eigenvalue weighted by Crippen LogP contribution is -2.42. The zero-order valence-electron chi connectivity index (χ0n) is 49.0. The van der Waals surface area contributed by atoms with Crippen LogP contribution in [-0.4, -0.2) is 308 Å². The van der Waals surface area contributed by atoms with Gasteiger partial charge in [0.2, 0.25) is 0 Å². The van der Waals surface area contributed by atoms with Gasteiger partial charge in [-0.15, -0.1) is 0 Å². The van der Waals surface area contributed by atoms with E-state index in [0.717, 1.165) is 25.7 Å². The molecule has 0 aromatic carbocycles. The summed E-state index contributed by atoms with van der Waals surface area (Å²) < 4.78 is 65.1. The van der Waals surface area contributed by atoms with Gasteiger partial charge in [-0.25, -0.2) is 0 Å². The van der Waals surface area contributed by atoms with E-state index in [2.05, 4.69) is 0 Å². The van der Waals surface area contributed by atoms with Crippen LogP contribution in [0.4, 0.5) is 0 Å². The summed E-state index contributed by atoms with van der Waals surface area (Å²) in [6, 6.07) is 0. The largest absolute Gasteiger partial charge is 0.394 e. The normalized spacial score (nSPS) is 14.7. The lowest BCUT2D eigenvalue weighted by Gasteiger charge is -2.32. The first-order valence-electron chi connectivity index (χ1n) is 27.6. The topological polar surface area (TPSA) is 374 Å². The highest BCUT2D eigenvalue weighted by Crippen LogP contribution is 2.26. The van der Waals surface area contributed by atoms with Gasteiger partial charge in [-0.2, -0.15) is 0 Å². The number of rotatable bonds is 53. The second kappa shape index (κ2) is 59.2. The highest BCUT2D eigenvalue weighted by molar-refractivity contribution is 4.81. The van der Waals surface area contributed by atoms with Crippen LogP contribution < -0.4 is 0 Å². The highest BCUT2D eigenvalue weighted by Gasteiger charge is 2.33. The van der Waals surface area contributed by atoms with Gasteiger partial charge in [-0.05, 0) is 66.2 Å². The van der Waals surface area contributed by atoms with Gasteiger partial charge in [-0.1, -0.05) is 20.8 Å². The molecule has 0 aliphatic heterocycles. The molecule has 0 bridgehead atoms. The fraction of sp³-hybridized carbons (Fsp3) is 1.00. The molecule has 0 spiro atoms. The van der Waals surface area contributed by atoms with Gasteiger partial charge >= 0.3 is 0 Å². The van der Waals surface area contributed by atoms with Crippen molar-refractivity contribution in [1.29, 1.82) is 0 Å². The molecule has 0 aromatic rings. The molecule has 7 unspecified atom stereocenters. The van der Waals surface area contributed by atoms with Gasteiger partial charge in [0.05, 0.1) is 247 Å². The molecule has 476 valence electrons. The Labute approximate surface area is 466 Å². The second-order valence-electron chi connectivity index (χ2n) is 19.2. The Bertz CT molecular complexity index is 1010. The molecule has 25 heteroatoms. The standard InChI is InChI=1S/C16H34O5.C13H28O8.2C12H26O6/c1-10(11(2)17)7-8-16(21-15(6)13(4)19)9-20-14(5)12(3)18;14-1-5-18-9-13(10-19-6-2-15,11-20-7-3-16)12-21-8-4-17;2*1-2-12(9-16-6-3-13,10-17-7-4-14)11-18-8-5-15/h10-19H,7-9H2,1-6H3;14-17H,1-12H2;2*13-15H,2-11H2,1H3. The van der Waals surface area contributed by atoms with Crippen molar-refractivity contribution < 1.29 is 123 Å². The van der Waals surface area contributed by atoms with Gasteiger partial charge in [0.1, 0.15) is 0 Å². The molecule has 0 fully saturated rings. The summed E-state index contributed by atoms with van der Waals surface area (Å²) in [5.41, 5.74) is -1.24. The van der Waals surface area contributed by atoms with E-state index in [9.17, 15) is 15.3 Å². The van der Waals surface area contributed by atoms with E-state index in [4.69, 9.17) is 108 Å². The summed E-state index contributed by atoms with van der Waals surface area (Å²) >= 11 is 0. The zero-order valence-corrected chi connectivity index (χ0v) is 49.0. The smallest absolute Gasteiger partial charge is 0.0813 e. The minimum atomic E-state index is -0.630. The molecule has 0 radical (unpaired) electrons.